The summed E-state index contributed by atoms with van der Waals surface area (Å²) in [6.45, 7) is 3.99. The zero-order valence-corrected chi connectivity index (χ0v) is 9.66. The fourth-order valence-corrected chi connectivity index (χ4v) is 1.50. The lowest BCUT2D eigenvalue weighted by Crippen LogP contribution is -2.21. The molecule has 1 aromatic rings. The molecule has 0 aliphatic carbocycles. The van der Waals surface area contributed by atoms with Crippen molar-refractivity contribution in [1.29, 1.82) is 0 Å². The Bertz CT molecular complexity index is 360. The predicted molar refractivity (Wildman–Crippen MR) is 60.5 cm³/mol. The van der Waals surface area contributed by atoms with Crippen molar-refractivity contribution in [3.63, 3.8) is 0 Å². The first-order valence-corrected chi connectivity index (χ1v) is 4.90. The monoisotopic (exact) mass is 207 g/mol. The van der Waals surface area contributed by atoms with Crippen LogP contribution in [0.4, 0.5) is 0 Å². The Morgan fingerprint density at radius 1 is 1.27 bits per heavy atom. The molecule has 3 heteroatoms. The number of ketones is 1. The van der Waals surface area contributed by atoms with E-state index in [2.05, 4.69) is 0 Å². The molecule has 15 heavy (non-hydrogen) atoms. The molecule has 0 saturated heterocycles. The first-order valence-electron chi connectivity index (χ1n) is 4.90. The SMILES string of the molecule is Cc1cc(C(=O)CN(C)C)cc(C)c1O. The lowest BCUT2D eigenvalue weighted by Gasteiger charge is -2.10. The Balaban J connectivity index is 3.01. The normalized spacial score (nSPS) is 10.7. The minimum absolute atomic E-state index is 0.0752. The number of Topliss-reactive ketones (excluding diaryl/α,β-unsaturated/α-hetero) is 1. The van der Waals surface area contributed by atoms with Gasteiger partial charge < -0.3 is 10.0 Å². The van der Waals surface area contributed by atoms with Gasteiger partial charge in [-0.05, 0) is 51.2 Å². The number of phenolic OH excluding ortho intramolecular Hbond substituents is 1. The maximum atomic E-state index is 11.7. The minimum atomic E-state index is 0.0752. The highest BCUT2D eigenvalue weighted by atomic mass is 16.3. The third-order valence-corrected chi connectivity index (χ3v) is 2.27. The summed E-state index contributed by atoms with van der Waals surface area (Å²) < 4.78 is 0. The molecular weight excluding hydrogens is 190 g/mol. The Morgan fingerprint density at radius 2 is 1.73 bits per heavy atom. The molecule has 0 saturated carbocycles. The van der Waals surface area contributed by atoms with Crippen LogP contribution in [-0.4, -0.2) is 36.4 Å². The zero-order valence-electron chi connectivity index (χ0n) is 9.66. The van der Waals surface area contributed by atoms with Gasteiger partial charge in [0.15, 0.2) is 5.78 Å². The van der Waals surface area contributed by atoms with Gasteiger partial charge in [0.1, 0.15) is 5.75 Å². The Kier molecular flexibility index (Phi) is 3.48. The molecular formula is C12H17NO2. The van der Waals surface area contributed by atoms with Crippen LogP contribution in [0.5, 0.6) is 5.75 Å². The molecule has 0 aliphatic rings. The van der Waals surface area contributed by atoms with Gasteiger partial charge in [0, 0.05) is 5.56 Å². The summed E-state index contributed by atoms with van der Waals surface area (Å²) in [5.41, 5.74) is 2.16. The smallest absolute Gasteiger partial charge is 0.176 e. The second kappa shape index (κ2) is 4.45. The van der Waals surface area contributed by atoms with E-state index >= 15 is 0 Å². The molecule has 0 aromatic heterocycles. The van der Waals surface area contributed by atoms with Crippen LogP contribution in [0.2, 0.25) is 0 Å². The number of aromatic hydroxyl groups is 1. The number of carbonyl (C=O) groups is 1. The van der Waals surface area contributed by atoms with Crippen molar-refractivity contribution in [3.05, 3.63) is 28.8 Å². The molecule has 0 heterocycles. The van der Waals surface area contributed by atoms with Gasteiger partial charge >= 0.3 is 0 Å². The van der Waals surface area contributed by atoms with Crippen molar-refractivity contribution in [2.45, 2.75) is 13.8 Å². The summed E-state index contributed by atoms with van der Waals surface area (Å²) in [4.78, 5) is 13.6. The van der Waals surface area contributed by atoms with E-state index in [0.717, 1.165) is 11.1 Å². The van der Waals surface area contributed by atoms with E-state index in [4.69, 9.17) is 0 Å². The van der Waals surface area contributed by atoms with Gasteiger partial charge in [-0.1, -0.05) is 0 Å². The molecule has 0 aliphatic heterocycles. The van der Waals surface area contributed by atoms with Crippen LogP contribution in [-0.2, 0) is 0 Å². The fourth-order valence-electron chi connectivity index (χ4n) is 1.50. The fraction of sp³-hybridized carbons (Fsp3) is 0.417. The molecule has 1 N–H and O–H groups in total. The molecule has 82 valence electrons. The van der Waals surface area contributed by atoms with Crippen LogP contribution in [0, 0.1) is 13.8 Å². The van der Waals surface area contributed by atoms with Crippen LogP contribution >= 0.6 is 0 Å². The van der Waals surface area contributed by atoms with E-state index < -0.39 is 0 Å². The Morgan fingerprint density at radius 3 is 2.13 bits per heavy atom. The van der Waals surface area contributed by atoms with Crippen molar-refractivity contribution in [2.24, 2.45) is 0 Å². The molecule has 0 spiro atoms. The predicted octanol–water partition coefficient (Wildman–Crippen LogP) is 1.75. The van der Waals surface area contributed by atoms with Crippen LogP contribution in [0.25, 0.3) is 0 Å². The number of rotatable bonds is 3. The van der Waals surface area contributed by atoms with E-state index in [1.807, 2.05) is 19.0 Å². The lowest BCUT2D eigenvalue weighted by molar-refractivity contribution is 0.0957. The van der Waals surface area contributed by atoms with Crippen molar-refractivity contribution in [1.82, 2.24) is 4.90 Å². The summed E-state index contributed by atoms with van der Waals surface area (Å²) in [7, 11) is 3.72. The number of likely N-dealkylation sites (N-methyl/N-ethyl adjacent to an activating group) is 1. The molecule has 1 aromatic carbocycles. The van der Waals surface area contributed by atoms with E-state index in [9.17, 15) is 9.90 Å². The van der Waals surface area contributed by atoms with Crippen molar-refractivity contribution in [2.75, 3.05) is 20.6 Å². The highest BCUT2D eigenvalue weighted by Gasteiger charge is 2.10. The number of phenols is 1. The Labute approximate surface area is 90.3 Å². The minimum Gasteiger partial charge on any atom is -0.507 e. The number of nitrogens with zero attached hydrogens (tertiary/aromatic N) is 1. The maximum absolute atomic E-state index is 11.7. The van der Waals surface area contributed by atoms with Crippen LogP contribution in [0.1, 0.15) is 21.5 Å². The largest absolute Gasteiger partial charge is 0.507 e. The highest BCUT2D eigenvalue weighted by molar-refractivity contribution is 5.98. The van der Waals surface area contributed by atoms with Crippen LogP contribution in [0.3, 0.4) is 0 Å². The number of aryl methyl sites for hydroxylation is 2. The number of hydrogen-bond acceptors (Lipinski definition) is 3. The second-order valence-corrected chi connectivity index (χ2v) is 4.12. The zero-order chi connectivity index (χ0) is 11.6. The summed E-state index contributed by atoms with van der Waals surface area (Å²) in [6.07, 6.45) is 0. The molecule has 0 radical (unpaired) electrons. The van der Waals surface area contributed by atoms with E-state index in [0.29, 0.717) is 12.1 Å². The average Bonchev–Trinajstić information content (AvgIpc) is 2.12. The molecule has 0 atom stereocenters. The molecule has 0 bridgehead atoms. The third-order valence-electron chi connectivity index (χ3n) is 2.27. The van der Waals surface area contributed by atoms with Gasteiger partial charge in [0.2, 0.25) is 0 Å². The molecule has 0 amide bonds. The quantitative estimate of drug-likeness (QED) is 0.768. The van der Waals surface area contributed by atoms with Crippen molar-refractivity contribution in [3.8, 4) is 5.75 Å². The highest BCUT2D eigenvalue weighted by Crippen LogP contribution is 2.23. The topological polar surface area (TPSA) is 40.5 Å². The summed E-state index contributed by atoms with van der Waals surface area (Å²) in [5.74, 6) is 0.350. The molecule has 0 fully saturated rings. The number of benzene rings is 1. The summed E-state index contributed by atoms with van der Waals surface area (Å²) in [6, 6.07) is 3.46. The van der Waals surface area contributed by atoms with Crippen LogP contribution < -0.4 is 0 Å². The number of carbonyl (C=O) groups excluding carboxylic acids is 1. The summed E-state index contributed by atoms with van der Waals surface area (Å²) >= 11 is 0. The van der Waals surface area contributed by atoms with E-state index in [-0.39, 0.29) is 11.5 Å². The first kappa shape index (κ1) is 11.7. The van der Waals surface area contributed by atoms with E-state index in [1.54, 1.807) is 26.0 Å². The van der Waals surface area contributed by atoms with Gasteiger partial charge in [0.25, 0.3) is 0 Å². The van der Waals surface area contributed by atoms with Gasteiger partial charge in [-0.15, -0.1) is 0 Å². The molecule has 0 unspecified atom stereocenters. The summed E-state index contributed by atoms with van der Waals surface area (Å²) in [5, 5.41) is 9.57. The maximum Gasteiger partial charge on any atom is 0.176 e. The second-order valence-electron chi connectivity index (χ2n) is 4.12. The van der Waals surface area contributed by atoms with Crippen molar-refractivity contribution < 1.29 is 9.90 Å². The van der Waals surface area contributed by atoms with Gasteiger partial charge in [-0.3, -0.25) is 4.79 Å². The molecule has 1 rings (SSSR count). The lowest BCUT2D eigenvalue weighted by atomic mass is 10.0. The first-order chi connectivity index (χ1) is 6.91. The number of hydrogen-bond donors (Lipinski definition) is 1. The van der Waals surface area contributed by atoms with Crippen molar-refractivity contribution >= 4 is 5.78 Å². The average molecular weight is 207 g/mol. The van der Waals surface area contributed by atoms with Gasteiger partial charge in [0.05, 0.1) is 6.54 Å². The van der Waals surface area contributed by atoms with Gasteiger partial charge in [-0.2, -0.15) is 0 Å². The molecule has 3 nitrogen and oxygen atoms in total. The van der Waals surface area contributed by atoms with Gasteiger partial charge in [-0.25, -0.2) is 0 Å². The standard InChI is InChI=1S/C12H17NO2/c1-8-5-10(6-9(2)12(8)15)11(14)7-13(3)4/h5-6,15H,7H2,1-4H3. The van der Waals surface area contributed by atoms with E-state index in [1.165, 1.54) is 0 Å². The third kappa shape index (κ3) is 2.80. The Hall–Kier alpha value is -1.35. The van der Waals surface area contributed by atoms with Crippen LogP contribution in [0.15, 0.2) is 12.1 Å².